The number of tetrazole rings is 1. The summed E-state index contributed by atoms with van der Waals surface area (Å²) in [5, 5.41) is 15.3. The minimum Gasteiger partial charge on any atom is -0.384 e. The van der Waals surface area contributed by atoms with E-state index >= 15 is 0 Å². The molecule has 1 amide bonds. The van der Waals surface area contributed by atoms with Gasteiger partial charge in [-0.15, -0.1) is 5.10 Å². The van der Waals surface area contributed by atoms with E-state index in [1.165, 1.54) is 0 Å². The number of ether oxygens (including phenoxy) is 1. The van der Waals surface area contributed by atoms with Gasteiger partial charge in [0.25, 0.3) is 5.91 Å². The molecule has 2 atom stereocenters. The molecule has 0 saturated heterocycles. The molecule has 0 aliphatic carbocycles. The van der Waals surface area contributed by atoms with Gasteiger partial charge >= 0.3 is 0 Å². The Kier molecular flexibility index (Phi) is 7.03. The van der Waals surface area contributed by atoms with Gasteiger partial charge in [-0.3, -0.25) is 14.8 Å². The number of aromatic nitrogens is 6. The van der Waals surface area contributed by atoms with Crippen molar-refractivity contribution in [1.82, 2.24) is 35.5 Å². The van der Waals surface area contributed by atoms with Crippen LogP contribution in [0.2, 0.25) is 0 Å². The number of hydrogen-bond donors (Lipinski definition) is 1. The first kappa shape index (κ1) is 23.2. The molecule has 9 nitrogen and oxygen atoms in total. The molecule has 1 unspecified atom stereocenters. The molecular weight excluding hydrogens is 430 g/mol. The topological polar surface area (TPSA) is 108 Å². The monoisotopic (exact) mass is 457 g/mol. The Morgan fingerprint density at radius 1 is 1.09 bits per heavy atom. The van der Waals surface area contributed by atoms with Crippen molar-refractivity contribution in [2.24, 2.45) is 0 Å². The first-order valence-electron chi connectivity index (χ1n) is 11.0. The molecule has 0 aliphatic heterocycles. The van der Waals surface area contributed by atoms with Crippen LogP contribution in [0.25, 0.3) is 16.8 Å². The summed E-state index contributed by atoms with van der Waals surface area (Å²) < 4.78 is 6.94. The first-order valence-corrected chi connectivity index (χ1v) is 11.0. The average molecular weight is 458 g/mol. The van der Waals surface area contributed by atoms with Crippen molar-refractivity contribution in [1.29, 1.82) is 0 Å². The minimum atomic E-state index is -0.307. The van der Waals surface area contributed by atoms with Gasteiger partial charge in [-0.2, -0.15) is 4.68 Å². The Balaban J connectivity index is 1.75. The first-order chi connectivity index (χ1) is 16.5. The van der Waals surface area contributed by atoms with Gasteiger partial charge in [-0.25, -0.2) is 0 Å². The molecule has 0 saturated carbocycles. The fraction of sp³-hybridized carbons (Fsp3) is 0.280. The Bertz CT molecular complexity index is 1260. The van der Waals surface area contributed by atoms with Crippen LogP contribution in [0.1, 0.15) is 53.2 Å². The third-order valence-electron chi connectivity index (χ3n) is 5.53. The van der Waals surface area contributed by atoms with Crippen molar-refractivity contribution in [3.05, 3.63) is 83.7 Å². The number of methoxy groups -OCH3 is 1. The molecule has 0 spiro atoms. The standard InChI is InChI=1S/C25H27N7O2/c1-16-5-7-19(8-6-16)20-11-21(25(33)28-18(3)23-14-26-9-10-27-23)13-22(12-20)32-24(29-30-31-32)17(2)15-34-4/h5-14,17-18H,15H2,1-4H3,(H,28,33)/t17-,18?/m0/s1. The summed E-state index contributed by atoms with van der Waals surface area (Å²) >= 11 is 0. The van der Waals surface area contributed by atoms with Crippen LogP contribution in [0.3, 0.4) is 0 Å². The Labute approximate surface area is 198 Å². The average Bonchev–Trinajstić information content (AvgIpc) is 3.35. The predicted octanol–water partition coefficient (Wildman–Crippen LogP) is 3.67. The summed E-state index contributed by atoms with van der Waals surface area (Å²) in [6, 6.07) is 13.5. The zero-order valence-electron chi connectivity index (χ0n) is 19.6. The van der Waals surface area contributed by atoms with Crippen LogP contribution in [0.4, 0.5) is 0 Å². The number of amides is 1. The highest BCUT2D eigenvalue weighted by atomic mass is 16.5. The zero-order chi connectivity index (χ0) is 24.1. The lowest BCUT2D eigenvalue weighted by Gasteiger charge is -2.16. The van der Waals surface area contributed by atoms with Gasteiger partial charge in [-0.05, 0) is 53.6 Å². The molecule has 174 valence electrons. The summed E-state index contributed by atoms with van der Waals surface area (Å²) in [5.41, 5.74) is 4.90. The second-order valence-electron chi connectivity index (χ2n) is 8.27. The maximum atomic E-state index is 13.3. The van der Waals surface area contributed by atoms with Crippen molar-refractivity contribution in [2.45, 2.75) is 32.7 Å². The molecule has 9 heteroatoms. The molecule has 2 aromatic heterocycles. The van der Waals surface area contributed by atoms with Crippen molar-refractivity contribution in [2.75, 3.05) is 13.7 Å². The molecule has 0 bridgehead atoms. The number of aryl methyl sites for hydroxylation is 1. The summed E-state index contributed by atoms with van der Waals surface area (Å²) in [5.74, 6) is 0.395. The molecular formula is C25H27N7O2. The molecule has 34 heavy (non-hydrogen) atoms. The smallest absolute Gasteiger partial charge is 0.251 e. The van der Waals surface area contributed by atoms with Crippen molar-refractivity contribution in [3.8, 4) is 16.8 Å². The SMILES string of the molecule is COC[C@H](C)c1nnnn1-c1cc(C(=O)NC(C)c2cnccn2)cc(-c2ccc(C)cc2)c1. The molecule has 4 aromatic rings. The number of rotatable bonds is 8. The minimum absolute atomic E-state index is 0.0306. The van der Waals surface area contributed by atoms with Crippen LogP contribution >= 0.6 is 0 Å². The van der Waals surface area contributed by atoms with Gasteiger partial charge < -0.3 is 10.1 Å². The fourth-order valence-corrected chi connectivity index (χ4v) is 3.68. The van der Waals surface area contributed by atoms with Crippen LogP contribution < -0.4 is 5.32 Å². The van der Waals surface area contributed by atoms with E-state index in [2.05, 4.69) is 30.8 Å². The number of nitrogens with zero attached hydrogens (tertiary/aromatic N) is 6. The van der Waals surface area contributed by atoms with Gasteiger partial charge in [0.05, 0.1) is 30.2 Å². The van der Waals surface area contributed by atoms with Crippen LogP contribution in [0.15, 0.2) is 61.1 Å². The Hall–Kier alpha value is -3.98. The van der Waals surface area contributed by atoms with E-state index in [4.69, 9.17) is 4.74 Å². The van der Waals surface area contributed by atoms with E-state index in [-0.39, 0.29) is 17.9 Å². The van der Waals surface area contributed by atoms with E-state index in [0.29, 0.717) is 29.4 Å². The van der Waals surface area contributed by atoms with E-state index in [9.17, 15) is 4.79 Å². The molecule has 1 N–H and O–H groups in total. The number of hydrogen-bond acceptors (Lipinski definition) is 7. The van der Waals surface area contributed by atoms with Crippen LogP contribution in [0, 0.1) is 6.92 Å². The predicted molar refractivity (Wildman–Crippen MR) is 128 cm³/mol. The van der Waals surface area contributed by atoms with Crippen LogP contribution in [-0.2, 0) is 4.74 Å². The second-order valence-corrected chi connectivity index (χ2v) is 8.27. The molecule has 0 radical (unpaired) electrons. The summed E-state index contributed by atoms with van der Waals surface area (Å²) in [4.78, 5) is 21.6. The van der Waals surface area contributed by atoms with Crippen molar-refractivity contribution < 1.29 is 9.53 Å². The largest absolute Gasteiger partial charge is 0.384 e. The molecule has 2 heterocycles. The highest BCUT2D eigenvalue weighted by Gasteiger charge is 2.19. The molecule has 2 aromatic carbocycles. The Morgan fingerprint density at radius 2 is 1.88 bits per heavy atom. The lowest BCUT2D eigenvalue weighted by atomic mass is 10.00. The molecule has 0 fully saturated rings. The van der Waals surface area contributed by atoms with Crippen LogP contribution in [0.5, 0.6) is 0 Å². The quantitative estimate of drug-likeness (QED) is 0.430. The summed E-state index contributed by atoms with van der Waals surface area (Å²) in [6.45, 7) is 6.38. The van der Waals surface area contributed by atoms with Gasteiger partial charge in [0.2, 0.25) is 0 Å². The van der Waals surface area contributed by atoms with Gasteiger partial charge in [-0.1, -0.05) is 36.8 Å². The lowest BCUT2D eigenvalue weighted by molar-refractivity contribution is 0.0939. The van der Waals surface area contributed by atoms with E-state index in [1.807, 2.05) is 57.2 Å². The number of carbonyl (C=O) groups is 1. The van der Waals surface area contributed by atoms with E-state index < -0.39 is 0 Å². The van der Waals surface area contributed by atoms with E-state index in [1.54, 1.807) is 36.4 Å². The van der Waals surface area contributed by atoms with Gasteiger partial charge in [0, 0.05) is 31.0 Å². The maximum absolute atomic E-state index is 13.3. The van der Waals surface area contributed by atoms with Crippen molar-refractivity contribution >= 4 is 5.91 Å². The zero-order valence-corrected chi connectivity index (χ0v) is 19.6. The third kappa shape index (κ3) is 5.15. The lowest BCUT2D eigenvalue weighted by Crippen LogP contribution is -2.27. The maximum Gasteiger partial charge on any atom is 0.251 e. The molecule has 4 rings (SSSR count). The third-order valence-corrected chi connectivity index (χ3v) is 5.53. The number of nitrogens with one attached hydrogen (secondary N) is 1. The van der Waals surface area contributed by atoms with Crippen molar-refractivity contribution in [3.63, 3.8) is 0 Å². The summed E-state index contributed by atoms with van der Waals surface area (Å²) in [6.07, 6.45) is 4.85. The molecule has 0 aliphatic rings. The number of benzene rings is 2. The van der Waals surface area contributed by atoms with Gasteiger partial charge in [0.1, 0.15) is 0 Å². The Morgan fingerprint density at radius 3 is 2.59 bits per heavy atom. The van der Waals surface area contributed by atoms with Gasteiger partial charge in [0.15, 0.2) is 5.82 Å². The highest BCUT2D eigenvalue weighted by molar-refractivity contribution is 5.96. The fourth-order valence-electron chi connectivity index (χ4n) is 3.68. The summed E-state index contributed by atoms with van der Waals surface area (Å²) in [7, 11) is 1.64. The second kappa shape index (κ2) is 10.3. The highest BCUT2D eigenvalue weighted by Crippen LogP contribution is 2.26. The number of carbonyl (C=O) groups excluding carboxylic acids is 1. The normalized spacial score (nSPS) is 12.8. The van der Waals surface area contributed by atoms with Crippen LogP contribution in [-0.4, -0.2) is 49.8 Å². The van der Waals surface area contributed by atoms with E-state index in [0.717, 1.165) is 16.7 Å².